The summed E-state index contributed by atoms with van der Waals surface area (Å²) in [6.07, 6.45) is 2.09. The lowest BCUT2D eigenvalue weighted by molar-refractivity contribution is -0.132. The standard InChI is InChI=1S/C16H20BrN3O2/c17-13-3-1-2-12(10-13)16(22)18-11-15(21)20-9-8-19-6-4-14(20)5-7-19/h1-3,10,14H,4-9,11H2,(H,18,22). The van der Waals surface area contributed by atoms with Crippen LogP contribution in [-0.4, -0.2) is 60.4 Å². The highest BCUT2D eigenvalue weighted by Gasteiger charge is 2.31. The van der Waals surface area contributed by atoms with Gasteiger partial charge >= 0.3 is 0 Å². The Morgan fingerprint density at radius 3 is 2.68 bits per heavy atom. The first kappa shape index (κ1) is 15.5. The first-order chi connectivity index (χ1) is 10.6. The molecular formula is C16H20BrN3O2. The highest BCUT2D eigenvalue weighted by molar-refractivity contribution is 9.10. The van der Waals surface area contributed by atoms with Gasteiger partial charge in [-0.15, -0.1) is 0 Å². The van der Waals surface area contributed by atoms with Crippen LogP contribution in [0, 0.1) is 0 Å². The molecular weight excluding hydrogens is 346 g/mol. The van der Waals surface area contributed by atoms with E-state index in [1.807, 2.05) is 17.0 Å². The molecule has 3 saturated heterocycles. The first-order valence-corrected chi connectivity index (χ1v) is 8.48. The van der Waals surface area contributed by atoms with Crippen molar-refractivity contribution in [2.24, 2.45) is 0 Å². The summed E-state index contributed by atoms with van der Waals surface area (Å²) in [4.78, 5) is 28.9. The molecule has 0 aromatic heterocycles. The number of benzene rings is 1. The van der Waals surface area contributed by atoms with Crippen molar-refractivity contribution in [3.8, 4) is 0 Å². The third-order valence-corrected chi connectivity index (χ3v) is 4.96. The Morgan fingerprint density at radius 1 is 1.18 bits per heavy atom. The van der Waals surface area contributed by atoms with Crippen LogP contribution in [0.1, 0.15) is 23.2 Å². The van der Waals surface area contributed by atoms with Gasteiger partial charge in [0.2, 0.25) is 5.91 Å². The Balaban J connectivity index is 1.56. The van der Waals surface area contributed by atoms with Gasteiger partial charge in [-0.25, -0.2) is 0 Å². The van der Waals surface area contributed by atoms with Gasteiger partial charge in [0.25, 0.3) is 5.91 Å². The van der Waals surface area contributed by atoms with E-state index in [-0.39, 0.29) is 18.4 Å². The SMILES string of the molecule is O=C(NCC(=O)N1CCN2CCC1CC2)c1cccc(Br)c1. The molecule has 3 aliphatic heterocycles. The Hall–Kier alpha value is -1.40. The zero-order valence-electron chi connectivity index (χ0n) is 12.4. The quantitative estimate of drug-likeness (QED) is 0.882. The molecule has 0 radical (unpaired) electrons. The fraction of sp³-hybridized carbons (Fsp3) is 0.500. The van der Waals surface area contributed by atoms with Crippen molar-refractivity contribution >= 4 is 27.7 Å². The van der Waals surface area contributed by atoms with E-state index < -0.39 is 0 Å². The molecule has 2 amide bonds. The zero-order chi connectivity index (χ0) is 15.5. The highest BCUT2D eigenvalue weighted by Crippen LogP contribution is 2.20. The van der Waals surface area contributed by atoms with Gasteiger partial charge in [0, 0.05) is 42.3 Å². The molecule has 0 spiro atoms. The first-order valence-electron chi connectivity index (χ1n) is 7.69. The van der Waals surface area contributed by atoms with E-state index in [0.717, 1.165) is 43.5 Å². The second kappa shape index (κ2) is 6.79. The molecule has 1 N–H and O–H groups in total. The third kappa shape index (κ3) is 3.50. The predicted octanol–water partition coefficient (Wildman–Crippen LogP) is 1.49. The van der Waals surface area contributed by atoms with Gasteiger partial charge in [0.15, 0.2) is 0 Å². The summed E-state index contributed by atoms with van der Waals surface area (Å²) in [5, 5.41) is 2.74. The number of hydrogen-bond acceptors (Lipinski definition) is 3. The molecule has 2 bridgehead atoms. The number of nitrogens with one attached hydrogen (secondary N) is 1. The van der Waals surface area contributed by atoms with E-state index in [1.165, 1.54) is 0 Å². The van der Waals surface area contributed by atoms with Crippen LogP contribution < -0.4 is 5.32 Å². The Morgan fingerprint density at radius 2 is 1.95 bits per heavy atom. The molecule has 118 valence electrons. The minimum atomic E-state index is -0.211. The molecule has 0 unspecified atom stereocenters. The fourth-order valence-electron chi connectivity index (χ4n) is 3.20. The number of amides is 2. The average Bonchev–Trinajstić information content (AvgIpc) is 2.86. The molecule has 5 nitrogen and oxygen atoms in total. The number of hydrogen-bond donors (Lipinski definition) is 1. The summed E-state index contributed by atoms with van der Waals surface area (Å²) in [7, 11) is 0. The molecule has 0 aliphatic carbocycles. The molecule has 4 rings (SSSR count). The van der Waals surface area contributed by atoms with E-state index in [1.54, 1.807) is 12.1 Å². The minimum Gasteiger partial charge on any atom is -0.343 e. The van der Waals surface area contributed by atoms with Crippen LogP contribution in [0.25, 0.3) is 0 Å². The Labute approximate surface area is 138 Å². The lowest BCUT2D eigenvalue weighted by Gasteiger charge is -2.31. The molecule has 0 saturated carbocycles. The molecule has 6 heteroatoms. The van der Waals surface area contributed by atoms with Crippen LogP contribution in [0.5, 0.6) is 0 Å². The lowest BCUT2D eigenvalue weighted by Crippen LogP contribution is -2.46. The number of nitrogens with zero attached hydrogens (tertiary/aromatic N) is 2. The van der Waals surface area contributed by atoms with Gasteiger partial charge < -0.3 is 15.1 Å². The third-order valence-electron chi connectivity index (χ3n) is 4.46. The van der Waals surface area contributed by atoms with Gasteiger partial charge in [0.05, 0.1) is 6.54 Å². The van der Waals surface area contributed by atoms with Crippen molar-refractivity contribution < 1.29 is 9.59 Å². The number of carbonyl (C=O) groups excluding carboxylic acids is 2. The molecule has 22 heavy (non-hydrogen) atoms. The Bertz CT molecular complexity index is 570. The summed E-state index contributed by atoms with van der Waals surface area (Å²) in [5.41, 5.74) is 0.560. The second-order valence-electron chi connectivity index (χ2n) is 5.85. The Kier molecular flexibility index (Phi) is 4.78. The topological polar surface area (TPSA) is 52.7 Å². The van der Waals surface area contributed by atoms with Crippen LogP contribution in [0.4, 0.5) is 0 Å². The fourth-order valence-corrected chi connectivity index (χ4v) is 3.60. The maximum Gasteiger partial charge on any atom is 0.251 e. The van der Waals surface area contributed by atoms with E-state index in [4.69, 9.17) is 0 Å². The highest BCUT2D eigenvalue weighted by atomic mass is 79.9. The summed E-state index contributed by atoms with van der Waals surface area (Å²) < 4.78 is 0.852. The van der Waals surface area contributed by atoms with Crippen molar-refractivity contribution in [1.82, 2.24) is 15.1 Å². The number of fused-ring (bicyclic) bond motifs is 4. The van der Waals surface area contributed by atoms with E-state index in [0.29, 0.717) is 11.6 Å². The summed E-state index contributed by atoms with van der Waals surface area (Å²) in [6, 6.07) is 7.51. The van der Waals surface area contributed by atoms with Crippen LogP contribution in [0.15, 0.2) is 28.7 Å². The number of rotatable bonds is 3. The maximum absolute atomic E-state index is 12.4. The number of carbonyl (C=O) groups is 2. The predicted molar refractivity (Wildman–Crippen MR) is 87.7 cm³/mol. The van der Waals surface area contributed by atoms with Crippen molar-refractivity contribution in [1.29, 1.82) is 0 Å². The zero-order valence-corrected chi connectivity index (χ0v) is 14.0. The van der Waals surface area contributed by atoms with Crippen molar-refractivity contribution in [2.75, 3.05) is 32.7 Å². The molecule has 0 atom stereocenters. The molecule has 3 heterocycles. The minimum absolute atomic E-state index is 0.0251. The number of halogens is 1. The van der Waals surface area contributed by atoms with Gasteiger partial charge in [-0.2, -0.15) is 0 Å². The van der Waals surface area contributed by atoms with E-state index in [9.17, 15) is 9.59 Å². The van der Waals surface area contributed by atoms with E-state index in [2.05, 4.69) is 26.1 Å². The van der Waals surface area contributed by atoms with Gasteiger partial charge in [-0.1, -0.05) is 22.0 Å². The van der Waals surface area contributed by atoms with Crippen molar-refractivity contribution in [3.63, 3.8) is 0 Å². The summed E-state index contributed by atoms with van der Waals surface area (Å²) in [5.74, 6) is -0.186. The maximum atomic E-state index is 12.4. The lowest BCUT2D eigenvalue weighted by atomic mass is 10.1. The van der Waals surface area contributed by atoms with E-state index >= 15 is 0 Å². The van der Waals surface area contributed by atoms with Crippen LogP contribution in [-0.2, 0) is 4.79 Å². The van der Waals surface area contributed by atoms with Crippen LogP contribution in [0.3, 0.4) is 0 Å². The van der Waals surface area contributed by atoms with Crippen LogP contribution >= 0.6 is 15.9 Å². The normalized spacial score (nSPS) is 24.0. The molecule has 3 fully saturated rings. The second-order valence-corrected chi connectivity index (χ2v) is 6.77. The van der Waals surface area contributed by atoms with Gasteiger partial charge in [-0.05, 0) is 31.0 Å². The number of piperidine rings is 1. The molecule has 1 aromatic carbocycles. The monoisotopic (exact) mass is 365 g/mol. The van der Waals surface area contributed by atoms with Crippen molar-refractivity contribution in [2.45, 2.75) is 18.9 Å². The molecule has 1 aromatic rings. The van der Waals surface area contributed by atoms with Crippen LogP contribution in [0.2, 0.25) is 0 Å². The van der Waals surface area contributed by atoms with Gasteiger partial charge in [0.1, 0.15) is 0 Å². The summed E-state index contributed by atoms with van der Waals surface area (Å²) >= 11 is 3.34. The van der Waals surface area contributed by atoms with Gasteiger partial charge in [-0.3, -0.25) is 9.59 Å². The smallest absolute Gasteiger partial charge is 0.251 e. The average molecular weight is 366 g/mol. The molecule has 3 aliphatic rings. The van der Waals surface area contributed by atoms with Crippen molar-refractivity contribution in [3.05, 3.63) is 34.3 Å². The largest absolute Gasteiger partial charge is 0.343 e. The summed E-state index contributed by atoms with van der Waals surface area (Å²) in [6.45, 7) is 3.96.